The van der Waals surface area contributed by atoms with Gasteiger partial charge in [0, 0.05) is 42.9 Å². The smallest absolute Gasteiger partial charge is 0.416 e. The lowest BCUT2D eigenvalue weighted by atomic mass is 10.1. The molecule has 1 aliphatic rings. The van der Waals surface area contributed by atoms with Crippen LogP contribution in [0.2, 0.25) is 0 Å². The molecule has 6 nitrogen and oxygen atoms in total. The molecule has 2 heterocycles. The molecule has 1 aromatic heterocycles. The SMILES string of the molecule is O.O=C(O)c1cc(N2CCN(c3cccc(C(F)(F)F)c3)CC2)c2ccccc2n1. The van der Waals surface area contributed by atoms with E-state index in [4.69, 9.17) is 0 Å². The highest BCUT2D eigenvalue weighted by Crippen LogP contribution is 2.33. The molecular formula is C21H20F3N3O3. The maximum Gasteiger partial charge on any atom is 0.416 e. The summed E-state index contributed by atoms with van der Waals surface area (Å²) in [7, 11) is 0. The van der Waals surface area contributed by atoms with Gasteiger partial charge in [0.25, 0.3) is 0 Å². The zero-order valence-corrected chi connectivity index (χ0v) is 15.9. The van der Waals surface area contributed by atoms with Crippen molar-refractivity contribution in [3.05, 3.63) is 65.9 Å². The van der Waals surface area contributed by atoms with Crippen molar-refractivity contribution in [1.29, 1.82) is 0 Å². The molecule has 0 spiro atoms. The Morgan fingerprint density at radius 3 is 2.27 bits per heavy atom. The van der Waals surface area contributed by atoms with Gasteiger partial charge in [-0.2, -0.15) is 13.2 Å². The predicted octanol–water partition coefficient (Wildman–Crippen LogP) is 3.45. The van der Waals surface area contributed by atoms with Crippen molar-refractivity contribution >= 4 is 28.2 Å². The molecule has 0 radical (unpaired) electrons. The van der Waals surface area contributed by atoms with Gasteiger partial charge in [-0.05, 0) is 30.3 Å². The monoisotopic (exact) mass is 419 g/mol. The first-order valence-electron chi connectivity index (χ1n) is 9.13. The number of carbonyl (C=O) groups is 1. The number of pyridine rings is 1. The number of carboxylic acid groups (broad SMARTS) is 1. The fourth-order valence-electron chi connectivity index (χ4n) is 3.61. The zero-order valence-electron chi connectivity index (χ0n) is 15.9. The van der Waals surface area contributed by atoms with Gasteiger partial charge in [-0.1, -0.05) is 24.3 Å². The number of nitrogens with zero attached hydrogens (tertiary/aromatic N) is 3. The molecule has 158 valence electrons. The Kier molecular flexibility index (Phi) is 5.84. The maximum absolute atomic E-state index is 13.0. The molecule has 9 heteroatoms. The van der Waals surface area contributed by atoms with Crippen molar-refractivity contribution in [3.8, 4) is 0 Å². The van der Waals surface area contributed by atoms with Crippen LogP contribution in [0, 0.1) is 0 Å². The Bertz CT molecular complexity index is 1060. The Morgan fingerprint density at radius 2 is 1.60 bits per heavy atom. The highest BCUT2D eigenvalue weighted by Gasteiger charge is 2.31. The number of alkyl halides is 3. The molecule has 0 atom stereocenters. The Balaban J connectivity index is 0.00000256. The molecule has 30 heavy (non-hydrogen) atoms. The highest BCUT2D eigenvalue weighted by molar-refractivity contribution is 5.97. The maximum atomic E-state index is 13.0. The summed E-state index contributed by atoms with van der Waals surface area (Å²) >= 11 is 0. The summed E-state index contributed by atoms with van der Waals surface area (Å²) in [5, 5.41) is 10.2. The molecule has 0 saturated carbocycles. The predicted molar refractivity (Wildman–Crippen MR) is 108 cm³/mol. The van der Waals surface area contributed by atoms with E-state index in [0.29, 0.717) is 37.4 Å². The number of piperazine rings is 1. The minimum atomic E-state index is -4.37. The molecule has 2 aromatic carbocycles. The van der Waals surface area contributed by atoms with Crippen LogP contribution in [0.4, 0.5) is 24.5 Å². The van der Waals surface area contributed by atoms with Crippen LogP contribution >= 0.6 is 0 Å². The number of para-hydroxylation sites is 1. The number of hydrogen-bond acceptors (Lipinski definition) is 4. The van der Waals surface area contributed by atoms with Crippen LogP contribution in [0.1, 0.15) is 16.1 Å². The number of carboxylic acids is 1. The number of aromatic nitrogens is 1. The van der Waals surface area contributed by atoms with Crippen LogP contribution in [0.25, 0.3) is 10.9 Å². The Hall–Kier alpha value is -3.33. The summed E-state index contributed by atoms with van der Waals surface area (Å²) in [4.78, 5) is 19.6. The van der Waals surface area contributed by atoms with Gasteiger partial charge in [-0.15, -0.1) is 0 Å². The summed E-state index contributed by atoms with van der Waals surface area (Å²) < 4.78 is 39.0. The van der Waals surface area contributed by atoms with E-state index < -0.39 is 17.7 Å². The molecule has 3 aromatic rings. The van der Waals surface area contributed by atoms with Gasteiger partial charge < -0.3 is 20.4 Å². The number of anilines is 2. The third-order valence-corrected chi connectivity index (χ3v) is 5.07. The van der Waals surface area contributed by atoms with E-state index in [1.165, 1.54) is 12.1 Å². The largest absolute Gasteiger partial charge is 0.477 e. The van der Waals surface area contributed by atoms with Crippen LogP contribution < -0.4 is 9.80 Å². The lowest BCUT2D eigenvalue weighted by Crippen LogP contribution is -2.46. The summed E-state index contributed by atoms with van der Waals surface area (Å²) in [6, 6.07) is 14.2. The normalized spacial score (nSPS) is 14.5. The van der Waals surface area contributed by atoms with Crippen molar-refractivity contribution in [2.24, 2.45) is 0 Å². The topological polar surface area (TPSA) is 88.2 Å². The van der Waals surface area contributed by atoms with Crippen molar-refractivity contribution in [3.63, 3.8) is 0 Å². The summed E-state index contributed by atoms with van der Waals surface area (Å²) in [6.45, 7) is 2.17. The quantitative estimate of drug-likeness (QED) is 0.703. The number of benzene rings is 2. The lowest BCUT2D eigenvalue weighted by molar-refractivity contribution is -0.137. The molecule has 1 fully saturated rings. The first kappa shape index (κ1) is 21.4. The fourth-order valence-corrected chi connectivity index (χ4v) is 3.61. The van der Waals surface area contributed by atoms with Gasteiger partial charge in [0.1, 0.15) is 0 Å². The van der Waals surface area contributed by atoms with Gasteiger partial charge >= 0.3 is 12.1 Å². The number of halogens is 3. The number of aromatic carboxylic acids is 1. The van der Waals surface area contributed by atoms with E-state index in [1.807, 2.05) is 17.0 Å². The molecule has 1 saturated heterocycles. The van der Waals surface area contributed by atoms with Crippen LogP contribution in [-0.2, 0) is 6.18 Å². The molecule has 0 amide bonds. The lowest BCUT2D eigenvalue weighted by Gasteiger charge is -2.38. The van der Waals surface area contributed by atoms with Crippen LogP contribution in [0.15, 0.2) is 54.6 Å². The first-order valence-corrected chi connectivity index (χ1v) is 9.13. The third kappa shape index (κ3) is 4.16. The molecule has 0 bridgehead atoms. The standard InChI is InChI=1S/C21H18F3N3O2.H2O/c22-21(23,24)14-4-3-5-15(12-14)26-8-10-27(11-9-26)19-13-18(20(28)29)25-17-7-2-1-6-16(17)19;/h1-7,12-13H,8-11H2,(H,28,29);1H2. The van der Waals surface area contributed by atoms with Gasteiger partial charge in [-0.25, -0.2) is 9.78 Å². The molecule has 0 aliphatic carbocycles. The van der Waals surface area contributed by atoms with E-state index >= 15 is 0 Å². The van der Waals surface area contributed by atoms with Crippen LogP contribution in [0.3, 0.4) is 0 Å². The molecule has 0 unspecified atom stereocenters. The zero-order chi connectivity index (χ0) is 20.6. The second-order valence-electron chi connectivity index (χ2n) is 6.87. The van der Waals surface area contributed by atoms with E-state index in [2.05, 4.69) is 9.88 Å². The minimum Gasteiger partial charge on any atom is -0.477 e. The van der Waals surface area contributed by atoms with Crippen LogP contribution in [0.5, 0.6) is 0 Å². The van der Waals surface area contributed by atoms with Crippen LogP contribution in [-0.4, -0.2) is 47.7 Å². The van der Waals surface area contributed by atoms with Crippen molar-refractivity contribution in [2.45, 2.75) is 6.18 Å². The van der Waals surface area contributed by atoms with E-state index in [-0.39, 0.29) is 11.2 Å². The fraction of sp³-hybridized carbons (Fsp3) is 0.238. The van der Waals surface area contributed by atoms with Crippen molar-refractivity contribution in [1.82, 2.24) is 4.98 Å². The average molecular weight is 419 g/mol. The number of hydrogen-bond donors (Lipinski definition) is 1. The second kappa shape index (κ2) is 8.19. The van der Waals surface area contributed by atoms with Crippen molar-refractivity contribution in [2.75, 3.05) is 36.0 Å². The average Bonchev–Trinajstić information content (AvgIpc) is 2.72. The first-order chi connectivity index (χ1) is 13.8. The molecule has 3 N–H and O–H groups in total. The van der Waals surface area contributed by atoms with E-state index in [1.54, 1.807) is 24.3 Å². The van der Waals surface area contributed by atoms with Gasteiger partial charge in [0.2, 0.25) is 0 Å². The second-order valence-corrected chi connectivity index (χ2v) is 6.87. The van der Waals surface area contributed by atoms with Gasteiger partial charge in [-0.3, -0.25) is 0 Å². The number of rotatable bonds is 3. The minimum absolute atomic E-state index is 0. The van der Waals surface area contributed by atoms with Gasteiger partial charge in [0.15, 0.2) is 5.69 Å². The summed E-state index contributed by atoms with van der Waals surface area (Å²) in [5.74, 6) is -1.10. The van der Waals surface area contributed by atoms with E-state index in [0.717, 1.165) is 17.1 Å². The third-order valence-electron chi connectivity index (χ3n) is 5.07. The van der Waals surface area contributed by atoms with E-state index in [9.17, 15) is 23.1 Å². The molecular weight excluding hydrogens is 399 g/mol. The Labute approximate surface area is 170 Å². The number of fused-ring (bicyclic) bond motifs is 1. The molecule has 1 aliphatic heterocycles. The summed E-state index contributed by atoms with van der Waals surface area (Å²) in [6.07, 6.45) is -4.37. The Morgan fingerprint density at radius 1 is 0.933 bits per heavy atom. The highest BCUT2D eigenvalue weighted by atomic mass is 19.4. The summed E-state index contributed by atoms with van der Waals surface area (Å²) in [5.41, 5.74) is 1.22. The van der Waals surface area contributed by atoms with Crippen molar-refractivity contribution < 1.29 is 28.5 Å². The van der Waals surface area contributed by atoms with Gasteiger partial charge in [0.05, 0.1) is 11.1 Å². The molecule has 4 rings (SSSR count).